The minimum absolute atomic E-state index is 0.137. The fourth-order valence-corrected chi connectivity index (χ4v) is 3.18. The quantitative estimate of drug-likeness (QED) is 0.816. The maximum Gasteiger partial charge on any atom is 0.310 e. The Balaban J connectivity index is 1.99. The normalized spacial score (nSPS) is 17.7. The molecule has 0 spiro atoms. The minimum atomic E-state index is -0.144. The van der Waals surface area contributed by atoms with Crippen LogP contribution >= 0.6 is 0 Å². The van der Waals surface area contributed by atoms with Crippen molar-refractivity contribution in [2.45, 2.75) is 19.8 Å². The van der Waals surface area contributed by atoms with Crippen molar-refractivity contribution in [3.8, 4) is 6.07 Å². The smallest absolute Gasteiger partial charge is 0.310 e. The number of piperidine rings is 1. The van der Waals surface area contributed by atoms with E-state index in [-0.39, 0.29) is 11.9 Å². The van der Waals surface area contributed by atoms with Gasteiger partial charge in [0.1, 0.15) is 6.07 Å². The number of nitrogens with zero attached hydrogens (tertiary/aromatic N) is 3. The van der Waals surface area contributed by atoms with Crippen LogP contribution in [0.4, 0.5) is 5.69 Å². The summed E-state index contributed by atoms with van der Waals surface area (Å²) in [7, 11) is 0. The molecule has 2 heterocycles. The molecule has 0 amide bonds. The van der Waals surface area contributed by atoms with Crippen LogP contribution in [0.2, 0.25) is 0 Å². The molecular weight excluding hydrogens is 290 g/mol. The number of nitriles is 1. The fraction of sp³-hybridized carbons (Fsp3) is 0.389. The molecule has 0 aliphatic carbocycles. The maximum absolute atomic E-state index is 12.1. The summed E-state index contributed by atoms with van der Waals surface area (Å²) in [5, 5.41) is 10.4. The number of hydrogen-bond acceptors (Lipinski definition) is 5. The lowest BCUT2D eigenvalue weighted by molar-refractivity contribution is -0.148. The molecule has 0 N–H and O–H groups in total. The molecule has 1 aliphatic rings. The summed E-state index contributed by atoms with van der Waals surface area (Å²) in [6, 6.07) is 10.0. The summed E-state index contributed by atoms with van der Waals surface area (Å²) in [5.74, 6) is -0.281. The van der Waals surface area contributed by atoms with Gasteiger partial charge in [-0.3, -0.25) is 9.78 Å². The van der Waals surface area contributed by atoms with Gasteiger partial charge >= 0.3 is 5.97 Å². The highest BCUT2D eigenvalue weighted by molar-refractivity contribution is 5.94. The number of esters is 1. The van der Waals surface area contributed by atoms with Crippen LogP contribution in [0.3, 0.4) is 0 Å². The summed E-state index contributed by atoms with van der Waals surface area (Å²) in [5.41, 5.74) is 2.29. The van der Waals surface area contributed by atoms with Crippen LogP contribution in [-0.2, 0) is 9.53 Å². The minimum Gasteiger partial charge on any atom is -0.466 e. The van der Waals surface area contributed by atoms with Gasteiger partial charge in [0.25, 0.3) is 0 Å². The lowest BCUT2D eigenvalue weighted by Crippen LogP contribution is -2.40. The van der Waals surface area contributed by atoms with E-state index in [9.17, 15) is 10.1 Å². The van der Waals surface area contributed by atoms with Crippen LogP contribution in [-0.4, -0.2) is 30.6 Å². The van der Waals surface area contributed by atoms with E-state index >= 15 is 0 Å². The Morgan fingerprint density at radius 3 is 3.09 bits per heavy atom. The van der Waals surface area contributed by atoms with E-state index in [1.165, 1.54) is 0 Å². The van der Waals surface area contributed by atoms with E-state index in [4.69, 9.17) is 4.74 Å². The fourth-order valence-electron chi connectivity index (χ4n) is 3.18. The summed E-state index contributed by atoms with van der Waals surface area (Å²) < 4.78 is 5.17. The van der Waals surface area contributed by atoms with Crippen molar-refractivity contribution >= 4 is 22.6 Å². The van der Waals surface area contributed by atoms with Crippen LogP contribution < -0.4 is 4.90 Å². The van der Waals surface area contributed by atoms with Crippen molar-refractivity contribution in [3.63, 3.8) is 0 Å². The van der Waals surface area contributed by atoms with Crippen LogP contribution in [0.1, 0.15) is 25.3 Å². The molecule has 5 nitrogen and oxygen atoms in total. The Kier molecular flexibility index (Phi) is 4.42. The van der Waals surface area contributed by atoms with Gasteiger partial charge in [-0.1, -0.05) is 18.2 Å². The molecule has 0 bridgehead atoms. The second kappa shape index (κ2) is 6.66. The van der Waals surface area contributed by atoms with Crippen molar-refractivity contribution < 1.29 is 9.53 Å². The molecule has 0 radical (unpaired) electrons. The first-order valence-corrected chi connectivity index (χ1v) is 7.94. The van der Waals surface area contributed by atoms with Crippen molar-refractivity contribution in [3.05, 3.63) is 36.0 Å². The third-order valence-electron chi connectivity index (χ3n) is 4.23. The van der Waals surface area contributed by atoms with E-state index in [0.717, 1.165) is 36.0 Å². The number of anilines is 1. The van der Waals surface area contributed by atoms with Gasteiger partial charge in [0.2, 0.25) is 0 Å². The van der Waals surface area contributed by atoms with Crippen molar-refractivity contribution in [1.82, 2.24) is 4.98 Å². The third kappa shape index (κ3) is 2.98. The van der Waals surface area contributed by atoms with Crippen LogP contribution in [0.5, 0.6) is 0 Å². The Bertz CT molecular complexity index is 766. The van der Waals surface area contributed by atoms with E-state index in [2.05, 4.69) is 16.0 Å². The highest BCUT2D eigenvalue weighted by Gasteiger charge is 2.29. The molecule has 1 aromatic carbocycles. The van der Waals surface area contributed by atoms with Gasteiger partial charge in [-0.2, -0.15) is 5.26 Å². The summed E-state index contributed by atoms with van der Waals surface area (Å²) in [4.78, 5) is 18.5. The molecule has 5 heteroatoms. The molecule has 1 aliphatic heterocycles. The Hall–Kier alpha value is -2.61. The zero-order valence-corrected chi connectivity index (χ0v) is 13.2. The zero-order valence-electron chi connectivity index (χ0n) is 13.2. The number of para-hydroxylation sites is 1. The predicted octanol–water partition coefficient (Wildman–Crippen LogP) is 2.89. The van der Waals surface area contributed by atoms with Crippen molar-refractivity contribution in [1.29, 1.82) is 5.26 Å². The van der Waals surface area contributed by atoms with Gasteiger partial charge in [-0.15, -0.1) is 0 Å². The van der Waals surface area contributed by atoms with Gasteiger partial charge in [-0.05, 0) is 25.8 Å². The molecule has 3 rings (SSSR count). The van der Waals surface area contributed by atoms with Gasteiger partial charge in [0.05, 0.1) is 29.3 Å². The predicted molar refractivity (Wildman–Crippen MR) is 88.0 cm³/mol. The lowest BCUT2D eigenvalue weighted by Gasteiger charge is -2.34. The topological polar surface area (TPSA) is 66.2 Å². The summed E-state index contributed by atoms with van der Waals surface area (Å²) >= 11 is 0. The van der Waals surface area contributed by atoms with Crippen LogP contribution in [0, 0.1) is 17.2 Å². The highest BCUT2D eigenvalue weighted by Crippen LogP contribution is 2.32. The molecule has 2 aromatic rings. The number of aromatic nitrogens is 1. The number of carbonyl (C=O) groups excluding carboxylic acids is 1. The molecule has 1 atom stereocenters. The number of pyridine rings is 1. The number of hydrogen-bond donors (Lipinski definition) is 0. The molecule has 0 saturated carbocycles. The Morgan fingerprint density at radius 1 is 1.48 bits per heavy atom. The van der Waals surface area contributed by atoms with Gasteiger partial charge in [-0.25, -0.2) is 0 Å². The first-order chi connectivity index (χ1) is 11.2. The first kappa shape index (κ1) is 15.3. The number of fused-ring (bicyclic) bond motifs is 1. The summed E-state index contributed by atoms with van der Waals surface area (Å²) in [6.07, 6.45) is 3.36. The number of ether oxygens (including phenoxy) is 1. The SMILES string of the molecule is CCOC(=O)C1CCCN(c2c(C#N)cnc3ccccc23)C1. The highest BCUT2D eigenvalue weighted by atomic mass is 16.5. The zero-order chi connectivity index (χ0) is 16.2. The molecule has 1 unspecified atom stereocenters. The van der Waals surface area contributed by atoms with Crippen molar-refractivity contribution in [2.75, 3.05) is 24.6 Å². The van der Waals surface area contributed by atoms with Gasteiger partial charge < -0.3 is 9.64 Å². The van der Waals surface area contributed by atoms with E-state index in [1.807, 2.05) is 31.2 Å². The maximum atomic E-state index is 12.1. The molecule has 1 fully saturated rings. The average molecular weight is 309 g/mol. The average Bonchev–Trinajstić information content (AvgIpc) is 2.61. The molecular formula is C18H19N3O2. The van der Waals surface area contributed by atoms with Gasteiger partial charge in [0.15, 0.2) is 0 Å². The van der Waals surface area contributed by atoms with Crippen LogP contribution in [0.15, 0.2) is 30.5 Å². The Morgan fingerprint density at radius 2 is 2.30 bits per heavy atom. The monoisotopic (exact) mass is 309 g/mol. The standard InChI is InChI=1S/C18H19N3O2/c1-2-23-18(22)13-6-5-9-21(12-13)17-14(10-19)11-20-16-8-4-3-7-15(16)17/h3-4,7-8,11,13H,2,5-6,9,12H2,1H3. The third-order valence-corrected chi connectivity index (χ3v) is 4.23. The second-order valence-corrected chi connectivity index (χ2v) is 5.69. The van der Waals surface area contributed by atoms with Gasteiger partial charge in [0, 0.05) is 24.7 Å². The van der Waals surface area contributed by atoms with E-state index in [1.54, 1.807) is 6.20 Å². The Labute approximate surface area is 135 Å². The second-order valence-electron chi connectivity index (χ2n) is 5.69. The van der Waals surface area contributed by atoms with Crippen molar-refractivity contribution in [2.24, 2.45) is 5.92 Å². The number of rotatable bonds is 3. The van der Waals surface area contributed by atoms with E-state index < -0.39 is 0 Å². The largest absolute Gasteiger partial charge is 0.466 e. The molecule has 1 aromatic heterocycles. The molecule has 1 saturated heterocycles. The molecule has 118 valence electrons. The first-order valence-electron chi connectivity index (χ1n) is 7.94. The number of benzene rings is 1. The summed E-state index contributed by atoms with van der Waals surface area (Å²) in [6.45, 7) is 3.64. The van der Waals surface area contributed by atoms with Crippen LogP contribution in [0.25, 0.3) is 10.9 Å². The number of carbonyl (C=O) groups is 1. The molecule has 23 heavy (non-hydrogen) atoms. The lowest BCUT2D eigenvalue weighted by atomic mass is 9.96. The van der Waals surface area contributed by atoms with E-state index in [0.29, 0.717) is 18.7 Å².